The number of hydrogen-bond acceptors (Lipinski definition) is 5. The molecule has 1 amide bonds. The van der Waals surface area contributed by atoms with Crippen LogP contribution >= 0.6 is 11.3 Å². The van der Waals surface area contributed by atoms with Crippen molar-refractivity contribution in [2.45, 2.75) is 30.5 Å². The van der Waals surface area contributed by atoms with E-state index in [1.807, 2.05) is 0 Å². The average Bonchev–Trinajstić information content (AvgIpc) is 3.03. The van der Waals surface area contributed by atoms with Crippen molar-refractivity contribution in [3.63, 3.8) is 0 Å². The van der Waals surface area contributed by atoms with Crippen LogP contribution in [0.5, 0.6) is 0 Å². The molecule has 3 aromatic rings. The van der Waals surface area contributed by atoms with Gasteiger partial charge in [-0.1, -0.05) is 17.4 Å². The minimum atomic E-state index is -3.56. The van der Waals surface area contributed by atoms with Crippen molar-refractivity contribution in [2.24, 2.45) is 4.99 Å². The van der Waals surface area contributed by atoms with Crippen LogP contribution < -0.4 is 4.80 Å². The molecule has 0 N–H and O–H groups in total. The molecule has 1 heterocycles. The first-order valence-electron chi connectivity index (χ1n) is 9.05. The Morgan fingerprint density at radius 3 is 2.63 bits per heavy atom. The van der Waals surface area contributed by atoms with Gasteiger partial charge < -0.3 is 9.30 Å². The average molecular weight is 455 g/mol. The number of ether oxygens (including phenoxy) is 1. The monoisotopic (exact) mass is 454 g/mol. The first-order chi connectivity index (χ1) is 14.1. The molecule has 0 radical (unpaired) electrons. The van der Waals surface area contributed by atoms with Gasteiger partial charge in [0.05, 0.1) is 27.0 Å². The standard InChI is InChI=1S/C20H20F2N2O4S2/c1-12(2)30(26,27)15-6-4-5-13(9-15)19(25)23-20-24(7-8-28-3)18-16(22)10-14(21)11-17(18)29-20/h4-6,9-12H,7-8H2,1-3H3. The smallest absolute Gasteiger partial charge is 0.279 e. The van der Waals surface area contributed by atoms with Crippen molar-refractivity contribution >= 4 is 37.3 Å². The highest BCUT2D eigenvalue weighted by molar-refractivity contribution is 7.92. The first-order valence-corrected chi connectivity index (χ1v) is 11.4. The van der Waals surface area contributed by atoms with Gasteiger partial charge in [0, 0.05) is 25.3 Å². The number of benzene rings is 2. The van der Waals surface area contributed by atoms with E-state index in [0.717, 1.165) is 17.4 Å². The highest BCUT2D eigenvalue weighted by atomic mass is 32.2. The zero-order valence-corrected chi connectivity index (χ0v) is 18.2. The largest absolute Gasteiger partial charge is 0.383 e. The van der Waals surface area contributed by atoms with E-state index in [2.05, 4.69) is 4.99 Å². The minimum Gasteiger partial charge on any atom is -0.383 e. The zero-order chi connectivity index (χ0) is 22.1. The van der Waals surface area contributed by atoms with Crippen LogP contribution in [0.3, 0.4) is 0 Å². The number of carbonyl (C=O) groups is 1. The second-order valence-electron chi connectivity index (χ2n) is 6.80. The number of methoxy groups -OCH3 is 1. The van der Waals surface area contributed by atoms with E-state index in [1.165, 1.54) is 42.0 Å². The maximum atomic E-state index is 14.4. The number of fused-ring (bicyclic) bond motifs is 1. The Morgan fingerprint density at radius 1 is 1.23 bits per heavy atom. The molecule has 160 valence electrons. The molecule has 0 saturated carbocycles. The summed E-state index contributed by atoms with van der Waals surface area (Å²) in [7, 11) is -2.08. The van der Waals surface area contributed by atoms with E-state index < -0.39 is 32.6 Å². The summed E-state index contributed by atoms with van der Waals surface area (Å²) >= 11 is 0.962. The van der Waals surface area contributed by atoms with Gasteiger partial charge in [0.1, 0.15) is 5.82 Å². The molecular formula is C20H20F2N2O4S2. The van der Waals surface area contributed by atoms with Crippen molar-refractivity contribution in [1.29, 1.82) is 0 Å². The first kappa shape index (κ1) is 22.3. The van der Waals surface area contributed by atoms with E-state index in [1.54, 1.807) is 13.8 Å². The normalized spacial score (nSPS) is 12.8. The predicted molar refractivity (Wildman–Crippen MR) is 110 cm³/mol. The summed E-state index contributed by atoms with van der Waals surface area (Å²) in [4.78, 5) is 17.0. The number of rotatable bonds is 6. The lowest BCUT2D eigenvalue weighted by molar-refractivity contribution is 0.0997. The molecule has 0 aliphatic heterocycles. The third-order valence-electron chi connectivity index (χ3n) is 4.44. The minimum absolute atomic E-state index is 0.0234. The lowest BCUT2D eigenvalue weighted by Gasteiger charge is -2.08. The van der Waals surface area contributed by atoms with E-state index in [4.69, 9.17) is 4.74 Å². The summed E-state index contributed by atoms with van der Waals surface area (Å²) < 4.78 is 59.6. The lowest BCUT2D eigenvalue weighted by Crippen LogP contribution is -2.20. The van der Waals surface area contributed by atoms with Gasteiger partial charge in [0.25, 0.3) is 5.91 Å². The van der Waals surface area contributed by atoms with Crippen molar-refractivity contribution in [2.75, 3.05) is 13.7 Å². The highest BCUT2D eigenvalue weighted by Gasteiger charge is 2.20. The van der Waals surface area contributed by atoms with Crippen LogP contribution in [0.1, 0.15) is 24.2 Å². The molecule has 30 heavy (non-hydrogen) atoms. The van der Waals surface area contributed by atoms with Crippen molar-refractivity contribution < 1.29 is 26.7 Å². The number of halogens is 2. The van der Waals surface area contributed by atoms with Crippen molar-refractivity contribution in [3.05, 3.63) is 58.4 Å². The molecule has 6 nitrogen and oxygen atoms in total. The Labute approximate surface area is 176 Å². The molecule has 2 aromatic carbocycles. The number of amides is 1. The van der Waals surface area contributed by atoms with Crippen LogP contribution in [0.4, 0.5) is 8.78 Å². The molecule has 0 spiro atoms. The van der Waals surface area contributed by atoms with Crippen LogP contribution in [0.2, 0.25) is 0 Å². The SMILES string of the molecule is COCCn1c(=NC(=O)c2cccc(S(=O)(=O)C(C)C)c2)sc2cc(F)cc(F)c21. The Balaban J connectivity index is 2.13. The summed E-state index contributed by atoms with van der Waals surface area (Å²) in [6.45, 7) is 3.54. The van der Waals surface area contributed by atoms with Crippen LogP contribution in [0, 0.1) is 11.6 Å². The maximum Gasteiger partial charge on any atom is 0.279 e. The Morgan fingerprint density at radius 2 is 1.97 bits per heavy atom. The molecule has 10 heteroatoms. The Hall–Kier alpha value is -2.43. The van der Waals surface area contributed by atoms with Gasteiger partial charge >= 0.3 is 0 Å². The summed E-state index contributed by atoms with van der Waals surface area (Å²) in [6, 6.07) is 7.56. The molecule has 0 unspecified atom stereocenters. The van der Waals surface area contributed by atoms with Crippen molar-refractivity contribution in [1.82, 2.24) is 4.57 Å². The summed E-state index contributed by atoms with van der Waals surface area (Å²) in [6.07, 6.45) is 0. The third-order valence-corrected chi connectivity index (χ3v) is 7.62. The van der Waals surface area contributed by atoms with Gasteiger partial charge in [0.15, 0.2) is 20.5 Å². The van der Waals surface area contributed by atoms with Crippen LogP contribution in [-0.4, -0.2) is 37.9 Å². The Bertz CT molecular complexity index is 1280. The number of aromatic nitrogens is 1. The van der Waals surface area contributed by atoms with Crippen LogP contribution in [0.15, 0.2) is 46.3 Å². The number of hydrogen-bond donors (Lipinski definition) is 0. The van der Waals surface area contributed by atoms with Gasteiger partial charge in [-0.25, -0.2) is 17.2 Å². The lowest BCUT2D eigenvalue weighted by atomic mass is 10.2. The van der Waals surface area contributed by atoms with Crippen molar-refractivity contribution in [3.8, 4) is 0 Å². The zero-order valence-electron chi connectivity index (χ0n) is 16.6. The highest BCUT2D eigenvalue weighted by Crippen LogP contribution is 2.23. The van der Waals surface area contributed by atoms with Gasteiger partial charge in [-0.05, 0) is 38.1 Å². The summed E-state index contributed by atoms with van der Waals surface area (Å²) in [5, 5.41) is -0.642. The van der Waals surface area contributed by atoms with E-state index >= 15 is 0 Å². The molecule has 0 fully saturated rings. The molecular weight excluding hydrogens is 434 g/mol. The molecule has 0 aliphatic carbocycles. The summed E-state index contributed by atoms with van der Waals surface area (Å²) in [5.74, 6) is -2.18. The van der Waals surface area contributed by atoms with Crippen LogP contribution in [-0.2, 0) is 21.1 Å². The number of carbonyl (C=O) groups excluding carboxylic acids is 1. The van der Waals surface area contributed by atoms with Crippen LogP contribution in [0.25, 0.3) is 10.2 Å². The van der Waals surface area contributed by atoms with Gasteiger partial charge in [-0.15, -0.1) is 0 Å². The van der Waals surface area contributed by atoms with E-state index in [0.29, 0.717) is 4.70 Å². The fraction of sp³-hybridized carbons (Fsp3) is 0.300. The topological polar surface area (TPSA) is 77.7 Å². The fourth-order valence-electron chi connectivity index (χ4n) is 2.83. The fourth-order valence-corrected chi connectivity index (χ4v) is 5.03. The number of thiazole rings is 1. The number of sulfone groups is 1. The van der Waals surface area contributed by atoms with Gasteiger partial charge in [-0.3, -0.25) is 4.79 Å². The Kier molecular flexibility index (Phi) is 6.49. The maximum absolute atomic E-state index is 14.4. The molecule has 0 atom stereocenters. The quantitative estimate of drug-likeness (QED) is 0.571. The van der Waals surface area contributed by atoms with Gasteiger partial charge in [-0.2, -0.15) is 4.99 Å². The van der Waals surface area contributed by atoms with E-state index in [-0.39, 0.29) is 33.9 Å². The molecule has 1 aromatic heterocycles. The second kappa shape index (κ2) is 8.75. The predicted octanol–water partition coefficient (Wildman–Crippen LogP) is 3.55. The molecule has 0 saturated heterocycles. The molecule has 0 aliphatic rings. The van der Waals surface area contributed by atoms with Gasteiger partial charge in [0.2, 0.25) is 0 Å². The number of nitrogens with zero attached hydrogens (tertiary/aromatic N) is 2. The summed E-state index contributed by atoms with van der Waals surface area (Å²) in [5.41, 5.74) is 0.209. The van der Waals surface area contributed by atoms with E-state index in [9.17, 15) is 22.0 Å². The molecule has 3 rings (SSSR count). The third kappa shape index (κ3) is 4.35. The second-order valence-corrected chi connectivity index (χ2v) is 10.3. The molecule has 0 bridgehead atoms.